The number of hydrogen-bond acceptors (Lipinski definition) is 2. The lowest BCUT2D eigenvalue weighted by atomic mass is 10.1. The Morgan fingerprint density at radius 1 is 1.27 bits per heavy atom. The Morgan fingerprint density at radius 2 is 2.05 bits per heavy atom. The third-order valence-corrected chi connectivity index (χ3v) is 4.45. The number of rotatable bonds is 2. The van der Waals surface area contributed by atoms with Crippen LogP contribution in [0, 0.1) is 17.8 Å². The highest BCUT2D eigenvalue weighted by Gasteiger charge is 2.31. The number of fused-ring (bicyclic) bond motifs is 1. The fraction of sp³-hybridized carbons (Fsp3) is 0.444. The van der Waals surface area contributed by atoms with Crippen molar-refractivity contribution in [2.45, 2.75) is 39.0 Å². The van der Waals surface area contributed by atoms with E-state index in [4.69, 9.17) is 0 Å². The standard InChI is InChI=1S/C18H20N2O2/c1-2-5-17(21)19-15-9-8-13-10-11-20(16(13)12-15)18(22)14-6-3-4-7-14/h8-9,12,14H,3-4,6-7,10-11H2,1H3,(H,19,21). The third kappa shape index (κ3) is 2.85. The summed E-state index contributed by atoms with van der Waals surface area (Å²) in [6.07, 6.45) is 5.21. The van der Waals surface area contributed by atoms with Gasteiger partial charge in [0.15, 0.2) is 0 Å². The molecule has 3 rings (SSSR count). The quantitative estimate of drug-likeness (QED) is 0.853. The van der Waals surface area contributed by atoms with Crippen LogP contribution in [-0.2, 0) is 16.0 Å². The van der Waals surface area contributed by atoms with Crippen molar-refractivity contribution < 1.29 is 9.59 Å². The monoisotopic (exact) mass is 296 g/mol. The van der Waals surface area contributed by atoms with Crippen molar-refractivity contribution in [2.24, 2.45) is 5.92 Å². The number of anilines is 2. The van der Waals surface area contributed by atoms with E-state index in [1.807, 2.05) is 23.1 Å². The Hall–Kier alpha value is -2.28. The maximum Gasteiger partial charge on any atom is 0.300 e. The molecule has 1 fully saturated rings. The zero-order valence-electron chi connectivity index (χ0n) is 12.8. The molecule has 1 N–H and O–H groups in total. The fourth-order valence-electron chi connectivity index (χ4n) is 3.35. The van der Waals surface area contributed by atoms with Gasteiger partial charge in [0, 0.05) is 23.8 Å². The first kappa shape index (κ1) is 14.6. The van der Waals surface area contributed by atoms with Gasteiger partial charge >= 0.3 is 0 Å². The molecule has 0 aromatic heterocycles. The molecule has 1 aliphatic heterocycles. The summed E-state index contributed by atoms with van der Waals surface area (Å²) in [5.74, 6) is 5.13. The highest BCUT2D eigenvalue weighted by Crippen LogP contribution is 2.35. The zero-order chi connectivity index (χ0) is 15.5. The third-order valence-electron chi connectivity index (χ3n) is 4.45. The van der Waals surface area contributed by atoms with Crippen LogP contribution in [-0.4, -0.2) is 18.4 Å². The molecule has 1 aliphatic carbocycles. The lowest BCUT2D eigenvalue weighted by molar-refractivity contribution is -0.122. The van der Waals surface area contributed by atoms with Crippen LogP contribution in [0.3, 0.4) is 0 Å². The number of nitrogens with zero attached hydrogens (tertiary/aromatic N) is 1. The lowest BCUT2D eigenvalue weighted by Crippen LogP contribution is -2.33. The molecule has 2 amide bonds. The highest BCUT2D eigenvalue weighted by atomic mass is 16.2. The number of carbonyl (C=O) groups excluding carboxylic acids is 2. The summed E-state index contributed by atoms with van der Waals surface area (Å²) in [6, 6.07) is 5.76. The predicted molar refractivity (Wildman–Crippen MR) is 86.5 cm³/mol. The van der Waals surface area contributed by atoms with Crippen molar-refractivity contribution in [3.63, 3.8) is 0 Å². The van der Waals surface area contributed by atoms with Gasteiger partial charge in [-0.15, -0.1) is 0 Å². The van der Waals surface area contributed by atoms with Gasteiger partial charge in [0.05, 0.1) is 0 Å². The first-order chi connectivity index (χ1) is 10.7. The Balaban J connectivity index is 1.80. The van der Waals surface area contributed by atoms with E-state index >= 15 is 0 Å². The Kier molecular flexibility index (Phi) is 4.15. The van der Waals surface area contributed by atoms with Crippen LogP contribution in [0.4, 0.5) is 11.4 Å². The van der Waals surface area contributed by atoms with E-state index in [0.717, 1.165) is 44.3 Å². The van der Waals surface area contributed by atoms with E-state index in [0.29, 0.717) is 5.69 Å². The molecule has 0 bridgehead atoms. The van der Waals surface area contributed by atoms with Crippen LogP contribution in [0.25, 0.3) is 0 Å². The minimum Gasteiger partial charge on any atom is -0.315 e. The van der Waals surface area contributed by atoms with Gasteiger partial charge < -0.3 is 10.2 Å². The van der Waals surface area contributed by atoms with Gasteiger partial charge in [0.2, 0.25) is 5.91 Å². The Bertz CT molecular complexity index is 663. The molecule has 1 aromatic rings. The van der Waals surface area contributed by atoms with E-state index in [1.54, 1.807) is 6.92 Å². The van der Waals surface area contributed by atoms with Crippen molar-refractivity contribution in [2.75, 3.05) is 16.8 Å². The van der Waals surface area contributed by atoms with Crippen molar-refractivity contribution in [1.82, 2.24) is 0 Å². The summed E-state index contributed by atoms with van der Waals surface area (Å²) in [4.78, 5) is 26.1. The number of nitrogens with one attached hydrogen (secondary N) is 1. The Morgan fingerprint density at radius 3 is 2.77 bits per heavy atom. The Labute approximate surface area is 130 Å². The first-order valence-electron chi connectivity index (χ1n) is 7.87. The smallest absolute Gasteiger partial charge is 0.300 e. The van der Waals surface area contributed by atoms with Gasteiger partial charge in [-0.25, -0.2) is 0 Å². The number of carbonyl (C=O) groups is 2. The van der Waals surface area contributed by atoms with Crippen molar-refractivity contribution >= 4 is 23.2 Å². The van der Waals surface area contributed by atoms with Crippen molar-refractivity contribution in [3.05, 3.63) is 23.8 Å². The van der Waals surface area contributed by atoms with Crippen molar-refractivity contribution in [1.29, 1.82) is 0 Å². The summed E-state index contributed by atoms with van der Waals surface area (Å²) < 4.78 is 0. The molecule has 0 spiro atoms. The van der Waals surface area contributed by atoms with Gasteiger partial charge in [0.1, 0.15) is 0 Å². The molecule has 22 heavy (non-hydrogen) atoms. The second-order valence-electron chi connectivity index (χ2n) is 5.89. The SMILES string of the molecule is CC#CC(=O)Nc1ccc2c(c1)N(C(=O)C1CCCC1)CC2. The fourth-order valence-corrected chi connectivity index (χ4v) is 3.35. The lowest BCUT2D eigenvalue weighted by Gasteiger charge is -2.21. The van der Waals surface area contributed by atoms with Gasteiger partial charge in [-0.1, -0.05) is 24.8 Å². The molecule has 0 radical (unpaired) electrons. The summed E-state index contributed by atoms with van der Waals surface area (Å²) in [5.41, 5.74) is 2.81. The van der Waals surface area contributed by atoms with Gasteiger partial charge in [0.25, 0.3) is 5.91 Å². The van der Waals surface area contributed by atoms with Crippen LogP contribution in [0.5, 0.6) is 0 Å². The summed E-state index contributed by atoms with van der Waals surface area (Å²) in [6.45, 7) is 2.38. The van der Waals surface area contributed by atoms with Crippen LogP contribution in [0.1, 0.15) is 38.2 Å². The van der Waals surface area contributed by atoms with E-state index < -0.39 is 0 Å². The van der Waals surface area contributed by atoms with Gasteiger partial charge in [-0.05, 0) is 49.8 Å². The average Bonchev–Trinajstić information content (AvgIpc) is 3.16. The molecule has 4 nitrogen and oxygen atoms in total. The van der Waals surface area contributed by atoms with Gasteiger partial charge in [-0.2, -0.15) is 0 Å². The zero-order valence-corrected chi connectivity index (χ0v) is 12.8. The molecule has 0 atom stereocenters. The van der Waals surface area contributed by atoms with E-state index in [2.05, 4.69) is 17.2 Å². The van der Waals surface area contributed by atoms with E-state index in [9.17, 15) is 9.59 Å². The largest absolute Gasteiger partial charge is 0.315 e. The molecule has 4 heteroatoms. The van der Waals surface area contributed by atoms with E-state index in [-0.39, 0.29) is 17.7 Å². The number of amides is 2. The molecular weight excluding hydrogens is 276 g/mol. The molecule has 114 valence electrons. The average molecular weight is 296 g/mol. The molecule has 1 heterocycles. The maximum atomic E-state index is 12.7. The predicted octanol–water partition coefficient (Wildman–Crippen LogP) is 2.73. The second-order valence-corrected chi connectivity index (χ2v) is 5.89. The second kappa shape index (κ2) is 6.23. The number of hydrogen-bond donors (Lipinski definition) is 1. The van der Waals surface area contributed by atoms with Crippen LogP contribution in [0.2, 0.25) is 0 Å². The maximum absolute atomic E-state index is 12.7. The van der Waals surface area contributed by atoms with Crippen molar-refractivity contribution in [3.8, 4) is 11.8 Å². The molecular formula is C18H20N2O2. The summed E-state index contributed by atoms with van der Waals surface area (Å²) in [5, 5.41) is 2.75. The molecule has 0 saturated heterocycles. The molecule has 2 aliphatic rings. The molecule has 0 unspecified atom stereocenters. The normalized spacial score (nSPS) is 16.9. The summed E-state index contributed by atoms with van der Waals surface area (Å²) >= 11 is 0. The summed E-state index contributed by atoms with van der Waals surface area (Å²) in [7, 11) is 0. The molecule has 1 saturated carbocycles. The van der Waals surface area contributed by atoms with Gasteiger partial charge in [-0.3, -0.25) is 9.59 Å². The van der Waals surface area contributed by atoms with Crippen LogP contribution >= 0.6 is 0 Å². The molecule has 1 aromatic carbocycles. The number of benzene rings is 1. The minimum atomic E-state index is -0.325. The minimum absolute atomic E-state index is 0.176. The topological polar surface area (TPSA) is 49.4 Å². The van der Waals surface area contributed by atoms with Crippen LogP contribution in [0.15, 0.2) is 18.2 Å². The van der Waals surface area contributed by atoms with E-state index in [1.165, 1.54) is 5.56 Å². The van der Waals surface area contributed by atoms with Crippen LogP contribution < -0.4 is 10.2 Å². The highest BCUT2D eigenvalue weighted by molar-refractivity contribution is 6.05. The first-order valence-corrected chi connectivity index (χ1v) is 7.87.